The number of thiazole rings is 1. The number of aromatic nitrogens is 1. The Bertz CT molecular complexity index is 713. The average Bonchev–Trinajstić information content (AvgIpc) is 2.79. The van der Waals surface area contributed by atoms with Crippen LogP contribution in [0.4, 0.5) is 0 Å². The highest BCUT2D eigenvalue weighted by molar-refractivity contribution is 7.07. The van der Waals surface area contributed by atoms with Crippen LogP contribution in [0.3, 0.4) is 0 Å². The number of carbonyl (C=O) groups is 1. The third kappa shape index (κ3) is 4.79. The molecule has 2 rings (SSSR count). The van der Waals surface area contributed by atoms with Gasteiger partial charge in [0.2, 0.25) is 5.91 Å². The molecule has 2 aromatic rings. The van der Waals surface area contributed by atoms with Crippen LogP contribution in [0.5, 0.6) is 0 Å². The number of rotatable bonds is 6. The van der Waals surface area contributed by atoms with Gasteiger partial charge in [-0.1, -0.05) is 49.4 Å². The van der Waals surface area contributed by atoms with Crippen LogP contribution in [0.2, 0.25) is 0 Å². The van der Waals surface area contributed by atoms with Gasteiger partial charge in [0.25, 0.3) is 0 Å². The number of nitrogens with zero attached hydrogens (tertiary/aromatic N) is 1. The maximum absolute atomic E-state index is 12.1. The Morgan fingerprint density at radius 2 is 1.87 bits per heavy atom. The van der Waals surface area contributed by atoms with Gasteiger partial charge in [-0.25, -0.2) is 0 Å². The molecule has 124 valence electrons. The van der Waals surface area contributed by atoms with Gasteiger partial charge in [-0.2, -0.15) is 0 Å². The largest absolute Gasteiger partial charge is 0.348 e. The molecule has 0 saturated heterocycles. The predicted octanol–water partition coefficient (Wildman–Crippen LogP) is 3.29. The molecule has 1 atom stereocenters. The molecule has 0 saturated carbocycles. The highest BCUT2D eigenvalue weighted by Gasteiger charge is 2.12. The summed E-state index contributed by atoms with van der Waals surface area (Å²) in [6.45, 7) is 8.26. The van der Waals surface area contributed by atoms with Gasteiger partial charge in [-0.15, -0.1) is 0 Å². The van der Waals surface area contributed by atoms with E-state index in [2.05, 4.69) is 43.4 Å². The van der Waals surface area contributed by atoms with Crippen LogP contribution in [0.1, 0.15) is 43.6 Å². The normalized spacial score (nSPS) is 12.4. The van der Waals surface area contributed by atoms with Crippen molar-refractivity contribution in [3.63, 3.8) is 0 Å². The summed E-state index contributed by atoms with van der Waals surface area (Å²) in [6.07, 6.45) is 1.06. The average molecular weight is 332 g/mol. The van der Waals surface area contributed by atoms with E-state index >= 15 is 0 Å². The van der Waals surface area contributed by atoms with Crippen molar-refractivity contribution in [3.05, 3.63) is 56.1 Å². The summed E-state index contributed by atoms with van der Waals surface area (Å²) >= 11 is 1.12. The van der Waals surface area contributed by atoms with Gasteiger partial charge in [0.05, 0.1) is 6.04 Å². The maximum Gasteiger partial charge on any atom is 0.307 e. The fraction of sp³-hybridized carbons (Fsp3) is 0.444. The smallest absolute Gasteiger partial charge is 0.307 e. The maximum atomic E-state index is 12.1. The van der Waals surface area contributed by atoms with Crippen molar-refractivity contribution in [2.75, 3.05) is 0 Å². The fourth-order valence-electron chi connectivity index (χ4n) is 2.52. The molecule has 5 heteroatoms. The van der Waals surface area contributed by atoms with Crippen LogP contribution in [-0.4, -0.2) is 10.5 Å². The molecule has 0 aliphatic heterocycles. The Balaban J connectivity index is 1.97. The molecule has 0 fully saturated rings. The fourth-order valence-corrected chi connectivity index (χ4v) is 3.26. The molecule has 0 aliphatic rings. The summed E-state index contributed by atoms with van der Waals surface area (Å²) in [5, 5.41) is 4.73. The number of benzene rings is 1. The molecule has 0 unspecified atom stereocenters. The molecule has 4 nitrogen and oxygen atoms in total. The molecule has 0 spiro atoms. The lowest BCUT2D eigenvalue weighted by Crippen LogP contribution is -2.32. The number of nitrogens with one attached hydrogen (secondary N) is 1. The van der Waals surface area contributed by atoms with Crippen molar-refractivity contribution in [2.45, 2.75) is 46.7 Å². The number of aryl methyl sites for hydroxylation is 1. The number of amides is 1. The van der Waals surface area contributed by atoms with Gasteiger partial charge < -0.3 is 5.32 Å². The third-order valence-electron chi connectivity index (χ3n) is 3.78. The van der Waals surface area contributed by atoms with Crippen molar-refractivity contribution in [1.29, 1.82) is 0 Å². The molecule has 1 aromatic carbocycles. The first kappa shape index (κ1) is 17.5. The van der Waals surface area contributed by atoms with E-state index in [0.717, 1.165) is 29.0 Å². The number of carbonyl (C=O) groups excluding carboxylic acids is 1. The molecule has 1 N–H and O–H groups in total. The van der Waals surface area contributed by atoms with E-state index in [1.54, 1.807) is 5.38 Å². The van der Waals surface area contributed by atoms with E-state index in [9.17, 15) is 9.59 Å². The van der Waals surface area contributed by atoms with Gasteiger partial charge in [0.1, 0.15) is 6.54 Å². The standard InChI is InChI=1S/C18H24N2O2S/c1-12(2)9-15-5-7-16(8-6-15)14(4)19-17(21)10-20-13(3)11-23-18(20)22/h5-8,11-12,14H,9-10H2,1-4H3,(H,19,21)/t14-/m0/s1. The lowest BCUT2D eigenvalue weighted by Gasteiger charge is -2.15. The van der Waals surface area contributed by atoms with Crippen molar-refractivity contribution in [2.24, 2.45) is 5.92 Å². The zero-order valence-corrected chi connectivity index (χ0v) is 14.9. The van der Waals surface area contributed by atoms with Gasteiger partial charge in [0.15, 0.2) is 0 Å². The Morgan fingerprint density at radius 3 is 2.39 bits per heavy atom. The van der Waals surface area contributed by atoms with Crippen LogP contribution < -0.4 is 10.2 Å². The van der Waals surface area contributed by atoms with E-state index in [4.69, 9.17) is 0 Å². The second-order valence-corrected chi connectivity index (χ2v) is 7.18. The monoisotopic (exact) mass is 332 g/mol. The van der Waals surface area contributed by atoms with Gasteiger partial charge in [0, 0.05) is 11.1 Å². The van der Waals surface area contributed by atoms with Crippen LogP contribution in [0.25, 0.3) is 0 Å². The molecule has 1 heterocycles. The van der Waals surface area contributed by atoms with E-state index in [0.29, 0.717) is 5.92 Å². The molecule has 0 radical (unpaired) electrons. The Labute approximate surface area is 141 Å². The molecular formula is C18H24N2O2S. The Hall–Kier alpha value is -1.88. The van der Waals surface area contributed by atoms with Gasteiger partial charge in [-0.05, 0) is 37.3 Å². The van der Waals surface area contributed by atoms with Crippen molar-refractivity contribution < 1.29 is 4.79 Å². The number of hydrogen-bond donors (Lipinski definition) is 1. The molecule has 0 bridgehead atoms. The lowest BCUT2D eigenvalue weighted by atomic mass is 10.00. The summed E-state index contributed by atoms with van der Waals surface area (Å²) in [7, 11) is 0. The minimum absolute atomic E-state index is 0.0734. The summed E-state index contributed by atoms with van der Waals surface area (Å²) in [4.78, 5) is 23.7. The Kier molecular flexibility index (Phi) is 5.77. The van der Waals surface area contributed by atoms with E-state index < -0.39 is 0 Å². The SMILES string of the molecule is Cc1csc(=O)n1CC(=O)N[C@@H](C)c1ccc(CC(C)C)cc1. The van der Waals surface area contributed by atoms with Gasteiger partial charge >= 0.3 is 4.87 Å². The van der Waals surface area contributed by atoms with Gasteiger partial charge in [-0.3, -0.25) is 14.2 Å². The molecule has 1 aromatic heterocycles. The van der Waals surface area contributed by atoms with E-state index in [1.807, 2.05) is 13.8 Å². The second kappa shape index (κ2) is 7.59. The number of hydrogen-bond acceptors (Lipinski definition) is 3. The van der Waals surface area contributed by atoms with Crippen molar-refractivity contribution in [1.82, 2.24) is 9.88 Å². The zero-order chi connectivity index (χ0) is 17.0. The van der Waals surface area contributed by atoms with E-state index in [-0.39, 0.29) is 23.4 Å². The summed E-state index contributed by atoms with van der Waals surface area (Å²) in [5.74, 6) is 0.484. The summed E-state index contributed by atoms with van der Waals surface area (Å²) in [5.41, 5.74) is 3.20. The van der Waals surface area contributed by atoms with E-state index in [1.165, 1.54) is 10.1 Å². The van der Waals surface area contributed by atoms with Crippen molar-refractivity contribution in [3.8, 4) is 0 Å². The van der Waals surface area contributed by atoms with Crippen LogP contribution in [0, 0.1) is 12.8 Å². The van der Waals surface area contributed by atoms with Crippen LogP contribution >= 0.6 is 11.3 Å². The molecular weight excluding hydrogens is 308 g/mol. The summed E-state index contributed by atoms with van der Waals surface area (Å²) in [6, 6.07) is 8.28. The first-order valence-electron chi connectivity index (χ1n) is 7.90. The highest BCUT2D eigenvalue weighted by atomic mass is 32.1. The summed E-state index contributed by atoms with van der Waals surface area (Å²) < 4.78 is 1.50. The minimum Gasteiger partial charge on any atom is -0.348 e. The predicted molar refractivity (Wildman–Crippen MR) is 94.9 cm³/mol. The topological polar surface area (TPSA) is 51.1 Å². The molecule has 0 aliphatic carbocycles. The highest BCUT2D eigenvalue weighted by Crippen LogP contribution is 2.15. The first-order valence-corrected chi connectivity index (χ1v) is 8.78. The zero-order valence-electron chi connectivity index (χ0n) is 14.1. The molecule has 1 amide bonds. The second-order valence-electron chi connectivity index (χ2n) is 6.36. The van der Waals surface area contributed by atoms with Crippen LogP contribution in [0.15, 0.2) is 34.4 Å². The molecule has 23 heavy (non-hydrogen) atoms. The Morgan fingerprint density at radius 1 is 1.22 bits per heavy atom. The quantitative estimate of drug-likeness (QED) is 0.882. The minimum atomic E-state index is -0.146. The lowest BCUT2D eigenvalue weighted by molar-refractivity contribution is -0.122. The van der Waals surface area contributed by atoms with Crippen LogP contribution in [-0.2, 0) is 17.8 Å². The third-order valence-corrected chi connectivity index (χ3v) is 4.66. The van der Waals surface area contributed by atoms with Crippen molar-refractivity contribution >= 4 is 17.2 Å². The first-order chi connectivity index (χ1) is 10.9.